The molecule has 0 saturated heterocycles. The monoisotopic (exact) mass is 368 g/mol. The lowest BCUT2D eigenvalue weighted by atomic mass is 10.0. The third kappa shape index (κ3) is 4.11. The summed E-state index contributed by atoms with van der Waals surface area (Å²) in [6.07, 6.45) is 1.20. The molecule has 0 aliphatic carbocycles. The first-order valence-electron chi connectivity index (χ1n) is 6.54. The Hall–Kier alpha value is -1.27. The number of carbonyl (C=O) groups is 2. The minimum Gasteiger partial charge on any atom is -0.347 e. The Morgan fingerprint density at radius 3 is 3.05 bits per heavy atom. The zero-order valence-electron chi connectivity index (χ0n) is 11.8. The lowest BCUT2D eigenvalue weighted by Crippen LogP contribution is -2.40. The van der Waals surface area contributed by atoms with Gasteiger partial charge in [0.05, 0.1) is 12.6 Å². The third-order valence-electron chi connectivity index (χ3n) is 3.29. The molecule has 0 spiro atoms. The van der Waals surface area contributed by atoms with Gasteiger partial charge in [0.25, 0.3) is 0 Å². The Bertz CT molecular complexity index is 577. The number of hydrogen-bond donors (Lipinski definition) is 1. The van der Waals surface area contributed by atoms with Gasteiger partial charge >= 0.3 is 0 Å². The van der Waals surface area contributed by atoms with Crippen LogP contribution in [0.5, 0.6) is 0 Å². The second-order valence-corrected chi connectivity index (χ2v) is 6.82. The van der Waals surface area contributed by atoms with Crippen molar-refractivity contribution in [2.24, 2.45) is 0 Å². The SMILES string of the molecule is C=CC(=O)N(C)CC(=O)NC1CSCc2ccc(Br)cc21. The van der Waals surface area contributed by atoms with E-state index in [0.717, 1.165) is 21.5 Å². The summed E-state index contributed by atoms with van der Waals surface area (Å²) in [4.78, 5) is 24.8. The molecule has 1 unspecified atom stereocenters. The van der Waals surface area contributed by atoms with E-state index in [2.05, 4.69) is 40.0 Å². The van der Waals surface area contributed by atoms with Crippen LogP contribution >= 0.6 is 27.7 Å². The summed E-state index contributed by atoms with van der Waals surface area (Å²) in [7, 11) is 1.59. The second kappa shape index (κ2) is 7.13. The van der Waals surface area contributed by atoms with Crippen LogP contribution in [0.3, 0.4) is 0 Å². The van der Waals surface area contributed by atoms with Crippen molar-refractivity contribution in [1.82, 2.24) is 10.2 Å². The molecule has 0 aromatic heterocycles. The van der Waals surface area contributed by atoms with Crippen LogP contribution in [0, 0.1) is 0 Å². The maximum absolute atomic E-state index is 12.1. The smallest absolute Gasteiger partial charge is 0.246 e. The van der Waals surface area contributed by atoms with Crippen LogP contribution in [0.15, 0.2) is 35.3 Å². The van der Waals surface area contributed by atoms with E-state index in [1.54, 1.807) is 18.8 Å². The lowest BCUT2D eigenvalue weighted by Gasteiger charge is -2.27. The minimum atomic E-state index is -0.258. The molecule has 0 fully saturated rings. The first kappa shape index (κ1) is 16.1. The lowest BCUT2D eigenvalue weighted by molar-refractivity contribution is -0.131. The number of halogens is 1. The number of thioether (sulfide) groups is 1. The molecule has 21 heavy (non-hydrogen) atoms. The number of nitrogens with zero attached hydrogens (tertiary/aromatic N) is 1. The number of fused-ring (bicyclic) bond motifs is 1. The number of carbonyl (C=O) groups excluding carboxylic acids is 2. The largest absolute Gasteiger partial charge is 0.347 e. The van der Waals surface area contributed by atoms with E-state index in [0.29, 0.717) is 0 Å². The molecule has 1 aliphatic heterocycles. The number of amides is 2. The Balaban J connectivity index is 2.04. The van der Waals surface area contributed by atoms with E-state index >= 15 is 0 Å². The van der Waals surface area contributed by atoms with Crippen LogP contribution in [0.4, 0.5) is 0 Å². The minimum absolute atomic E-state index is 0.0176. The second-order valence-electron chi connectivity index (χ2n) is 4.88. The molecule has 6 heteroatoms. The predicted molar refractivity (Wildman–Crippen MR) is 89.0 cm³/mol. The predicted octanol–water partition coefficient (Wildman–Crippen LogP) is 2.50. The van der Waals surface area contributed by atoms with Gasteiger partial charge in [0, 0.05) is 23.0 Å². The molecule has 2 amide bonds. The van der Waals surface area contributed by atoms with Crippen molar-refractivity contribution in [2.45, 2.75) is 11.8 Å². The number of hydrogen-bond acceptors (Lipinski definition) is 3. The molecule has 0 bridgehead atoms. The Morgan fingerprint density at radius 1 is 1.57 bits per heavy atom. The molecule has 1 heterocycles. The highest BCUT2D eigenvalue weighted by Gasteiger charge is 2.23. The summed E-state index contributed by atoms with van der Waals surface area (Å²) in [6.45, 7) is 3.45. The van der Waals surface area contributed by atoms with Gasteiger partial charge in [-0.05, 0) is 29.3 Å². The molecule has 112 valence electrons. The van der Waals surface area contributed by atoms with Crippen LogP contribution in [-0.2, 0) is 15.3 Å². The van der Waals surface area contributed by atoms with Crippen LogP contribution in [-0.4, -0.2) is 36.1 Å². The third-order valence-corrected chi connectivity index (χ3v) is 4.87. The number of rotatable bonds is 4. The Kier molecular flexibility index (Phi) is 5.47. The molecule has 0 saturated carbocycles. The number of likely N-dealkylation sites (N-methyl/N-ethyl adjacent to an activating group) is 1. The molecule has 1 atom stereocenters. The Labute approximate surface area is 137 Å². The summed E-state index contributed by atoms with van der Waals surface area (Å²) < 4.78 is 1.01. The maximum Gasteiger partial charge on any atom is 0.246 e. The van der Waals surface area contributed by atoms with Crippen molar-refractivity contribution < 1.29 is 9.59 Å². The number of benzene rings is 1. The van der Waals surface area contributed by atoms with Gasteiger partial charge in [-0.2, -0.15) is 11.8 Å². The van der Waals surface area contributed by atoms with Gasteiger partial charge in [-0.15, -0.1) is 0 Å². The molecule has 1 N–H and O–H groups in total. The fraction of sp³-hybridized carbons (Fsp3) is 0.333. The van der Waals surface area contributed by atoms with Crippen LogP contribution in [0.1, 0.15) is 17.2 Å². The van der Waals surface area contributed by atoms with Gasteiger partial charge in [0.1, 0.15) is 0 Å². The van der Waals surface area contributed by atoms with Gasteiger partial charge in [-0.25, -0.2) is 0 Å². The highest BCUT2D eigenvalue weighted by Crippen LogP contribution is 2.33. The molecule has 2 rings (SSSR count). The molecule has 1 aromatic carbocycles. The highest BCUT2D eigenvalue weighted by molar-refractivity contribution is 9.10. The van der Waals surface area contributed by atoms with Crippen molar-refractivity contribution in [2.75, 3.05) is 19.3 Å². The van der Waals surface area contributed by atoms with E-state index in [4.69, 9.17) is 0 Å². The van der Waals surface area contributed by atoms with E-state index in [-0.39, 0.29) is 24.4 Å². The fourth-order valence-electron chi connectivity index (χ4n) is 2.21. The highest BCUT2D eigenvalue weighted by atomic mass is 79.9. The van der Waals surface area contributed by atoms with Crippen molar-refractivity contribution in [3.63, 3.8) is 0 Å². The molecule has 1 aromatic rings. The van der Waals surface area contributed by atoms with Crippen LogP contribution in [0.25, 0.3) is 0 Å². The van der Waals surface area contributed by atoms with Crippen LogP contribution in [0.2, 0.25) is 0 Å². The fourth-order valence-corrected chi connectivity index (χ4v) is 3.68. The van der Waals surface area contributed by atoms with Gasteiger partial charge in [0.2, 0.25) is 11.8 Å². The van der Waals surface area contributed by atoms with Crippen molar-refractivity contribution in [3.05, 3.63) is 46.5 Å². The van der Waals surface area contributed by atoms with E-state index in [1.807, 2.05) is 6.07 Å². The van der Waals surface area contributed by atoms with Gasteiger partial charge < -0.3 is 10.2 Å². The van der Waals surface area contributed by atoms with Crippen molar-refractivity contribution in [1.29, 1.82) is 0 Å². The zero-order valence-corrected chi connectivity index (χ0v) is 14.2. The summed E-state index contributed by atoms with van der Waals surface area (Å²) in [6, 6.07) is 6.13. The molecular weight excluding hydrogens is 352 g/mol. The van der Waals surface area contributed by atoms with Gasteiger partial charge in [-0.1, -0.05) is 28.6 Å². The van der Waals surface area contributed by atoms with Gasteiger partial charge in [-0.3, -0.25) is 9.59 Å². The first-order valence-corrected chi connectivity index (χ1v) is 8.49. The van der Waals surface area contributed by atoms with E-state index < -0.39 is 0 Å². The molecule has 4 nitrogen and oxygen atoms in total. The zero-order chi connectivity index (χ0) is 15.4. The average Bonchev–Trinajstić information content (AvgIpc) is 2.46. The van der Waals surface area contributed by atoms with Crippen molar-refractivity contribution >= 4 is 39.5 Å². The molecule has 0 radical (unpaired) electrons. The first-order chi connectivity index (χ1) is 10.0. The van der Waals surface area contributed by atoms with E-state index in [1.165, 1.54) is 16.5 Å². The maximum atomic E-state index is 12.1. The van der Waals surface area contributed by atoms with E-state index in [9.17, 15) is 9.59 Å². The standard InChI is InChI=1S/C15H17BrN2O2S/c1-3-15(20)18(2)7-14(19)17-13-9-21-8-10-4-5-11(16)6-12(10)13/h3-6,13H,1,7-9H2,2H3,(H,17,19). The Morgan fingerprint density at radius 2 is 2.33 bits per heavy atom. The molecule has 1 aliphatic rings. The normalized spacial score (nSPS) is 16.8. The topological polar surface area (TPSA) is 49.4 Å². The van der Waals surface area contributed by atoms with Crippen LogP contribution < -0.4 is 5.32 Å². The summed E-state index contributed by atoms with van der Waals surface area (Å²) in [5.74, 6) is 1.38. The van der Waals surface area contributed by atoms with Gasteiger partial charge in [0.15, 0.2) is 0 Å². The average molecular weight is 369 g/mol. The van der Waals surface area contributed by atoms with Crippen molar-refractivity contribution in [3.8, 4) is 0 Å². The molecular formula is C15H17BrN2O2S. The summed E-state index contributed by atoms with van der Waals surface area (Å²) in [5.41, 5.74) is 2.39. The number of nitrogens with one attached hydrogen (secondary N) is 1. The summed E-state index contributed by atoms with van der Waals surface area (Å²) >= 11 is 5.27. The quantitative estimate of drug-likeness (QED) is 0.830. The summed E-state index contributed by atoms with van der Waals surface area (Å²) in [5, 5.41) is 3.00.